The molecule has 40 heavy (non-hydrogen) atoms. The molecule has 0 radical (unpaired) electrons. The summed E-state index contributed by atoms with van der Waals surface area (Å²) in [6.45, 7) is 7.23. The van der Waals surface area contributed by atoms with Crippen molar-refractivity contribution in [3.05, 3.63) is 65.7 Å². The standard InChI is InChI=1S/C34H49N3O3/c1-26(2)22-31(35-24-28-12-6-3-7-13-28)33(38)36-32(34(39)37-20-10-5-11-21-37)23-27-16-18-30(19-17-27)40-25-29-14-8-4-9-15-29/h4,8-9,14-19,26,28,31-32,35H,3,5-7,10-13,20-25H2,1-2H3,(H,36,38)/t31-,32-/m0/s1. The lowest BCUT2D eigenvalue weighted by Gasteiger charge is -2.32. The number of hydrogen-bond acceptors (Lipinski definition) is 4. The van der Waals surface area contributed by atoms with Crippen LogP contribution in [0.15, 0.2) is 54.6 Å². The second-order valence-corrected chi connectivity index (χ2v) is 12.2. The number of piperidine rings is 1. The second-order valence-electron chi connectivity index (χ2n) is 12.2. The maximum absolute atomic E-state index is 13.7. The van der Waals surface area contributed by atoms with E-state index >= 15 is 0 Å². The smallest absolute Gasteiger partial charge is 0.245 e. The van der Waals surface area contributed by atoms with Gasteiger partial charge in [0.25, 0.3) is 0 Å². The van der Waals surface area contributed by atoms with Gasteiger partial charge in [-0.25, -0.2) is 0 Å². The summed E-state index contributed by atoms with van der Waals surface area (Å²) in [5.74, 6) is 1.80. The van der Waals surface area contributed by atoms with Crippen LogP contribution in [0, 0.1) is 11.8 Å². The Labute approximate surface area is 241 Å². The lowest BCUT2D eigenvalue weighted by Crippen LogP contribution is -2.55. The first kappa shape index (κ1) is 30.1. The minimum atomic E-state index is -0.576. The van der Waals surface area contributed by atoms with Gasteiger partial charge >= 0.3 is 0 Å². The number of benzene rings is 2. The molecule has 2 amide bonds. The second kappa shape index (κ2) is 15.8. The molecule has 2 aliphatic rings. The number of rotatable bonds is 13. The first-order chi connectivity index (χ1) is 19.5. The highest BCUT2D eigenvalue weighted by molar-refractivity contribution is 5.90. The topological polar surface area (TPSA) is 70.7 Å². The molecule has 0 bridgehead atoms. The highest BCUT2D eigenvalue weighted by atomic mass is 16.5. The quantitative estimate of drug-likeness (QED) is 0.328. The Hall–Kier alpha value is -2.86. The molecule has 218 valence electrons. The number of ether oxygens (including phenoxy) is 1. The van der Waals surface area contributed by atoms with Crippen molar-refractivity contribution < 1.29 is 14.3 Å². The van der Waals surface area contributed by atoms with E-state index in [9.17, 15) is 9.59 Å². The van der Waals surface area contributed by atoms with E-state index in [0.717, 1.165) is 62.2 Å². The molecule has 2 fully saturated rings. The predicted molar refractivity (Wildman–Crippen MR) is 161 cm³/mol. The molecule has 2 atom stereocenters. The van der Waals surface area contributed by atoms with Crippen molar-refractivity contribution in [3.8, 4) is 5.75 Å². The van der Waals surface area contributed by atoms with E-state index in [-0.39, 0.29) is 17.9 Å². The molecule has 4 rings (SSSR count). The predicted octanol–water partition coefficient (Wildman–Crippen LogP) is 5.89. The third kappa shape index (κ3) is 9.65. The zero-order valence-electron chi connectivity index (χ0n) is 24.6. The van der Waals surface area contributed by atoms with Crippen LogP contribution < -0.4 is 15.4 Å². The minimum absolute atomic E-state index is 0.0352. The number of carbonyl (C=O) groups is 2. The Morgan fingerprint density at radius 3 is 2.20 bits per heavy atom. The summed E-state index contributed by atoms with van der Waals surface area (Å²) in [7, 11) is 0. The minimum Gasteiger partial charge on any atom is -0.489 e. The van der Waals surface area contributed by atoms with Crippen LogP contribution in [0.25, 0.3) is 0 Å². The number of hydrogen-bond donors (Lipinski definition) is 2. The molecule has 2 aromatic rings. The fourth-order valence-corrected chi connectivity index (χ4v) is 5.96. The van der Waals surface area contributed by atoms with Gasteiger partial charge in [0.05, 0.1) is 6.04 Å². The van der Waals surface area contributed by atoms with Crippen molar-refractivity contribution in [3.63, 3.8) is 0 Å². The monoisotopic (exact) mass is 547 g/mol. The van der Waals surface area contributed by atoms with Gasteiger partial charge in [-0.1, -0.05) is 75.6 Å². The summed E-state index contributed by atoms with van der Waals surface area (Å²) >= 11 is 0. The summed E-state index contributed by atoms with van der Waals surface area (Å²) in [5.41, 5.74) is 2.13. The largest absolute Gasteiger partial charge is 0.489 e. The van der Waals surface area contributed by atoms with Gasteiger partial charge in [0.2, 0.25) is 11.8 Å². The first-order valence-electron chi connectivity index (χ1n) is 15.6. The lowest BCUT2D eigenvalue weighted by molar-refractivity contribution is -0.137. The van der Waals surface area contributed by atoms with E-state index in [2.05, 4.69) is 24.5 Å². The summed E-state index contributed by atoms with van der Waals surface area (Å²) < 4.78 is 5.95. The van der Waals surface area contributed by atoms with Gasteiger partial charge in [-0.2, -0.15) is 0 Å². The van der Waals surface area contributed by atoms with Gasteiger partial charge in [-0.3, -0.25) is 9.59 Å². The molecule has 2 N–H and O–H groups in total. The molecule has 1 aliphatic carbocycles. The number of carbonyl (C=O) groups excluding carboxylic acids is 2. The van der Waals surface area contributed by atoms with Crippen molar-refractivity contribution in [2.45, 2.75) is 96.7 Å². The van der Waals surface area contributed by atoms with Crippen molar-refractivity contribution in [2.24, 2.45) is 11.8 Å². The van der Waals surface area contributed by atoms with Gasteiger partial charge in [0.1, 0.15) is 18.4 Å². The van der Waals surface area contributed by atoms with Crippen LogP contribution in [0.4, 0.5) is 0 Å². The van der Waals surface area contributed by atoms with Crippen LogP contribution in [0.3, 0.4) is 0 Å². The van der Waals surface area contributed by atoms with E-state index in [1.54, 1.807) is 0 Å². The molecule has 1 heterocycles. The van der Waals surface area contributed by atoms with E-state index in [4.69, 9.17) is 4.74 Å². The van der Waals surface area contributed by atoms with Gasteiger partial charge < -0.3 is 20.3 Å². The van der Waals surface area contributed by atoms with Gasteiger partial charge in [-0.15, -0.1) is 0 Å². The molecule has 1 saturated heterocycles. The Bertz CT molecular complexity index is 1030. The molecule has 1 saturated carbocycles. The van der Waals surface area contributed by atoms with Crippen LogP contribution in [0.1, 0.15) is 82.8 Å². The molecule has 6 heteroatoms. The third-order valence-electron chi connectivity index (χ3n) is 8.30. The normalized spacial score (nSPS) is 17.8. The fourth-order valence-electron chi connectivity index (χ4n) is 5.96. The van der Waals surface area contributed by atoms with Crippen LogP contribution in [0.2, 0.25) is 0 Å². The van der Waals surface area contributed by atoms with Crippen molar-refractivity contribution in [2.75, 3.05) is 19.6 Å². The number of nitrogens with zero attached hydrogens (tertiary/aromatic N) is 1. The summed E-state index contributed by atoms with van der Waals surface area (Å²) in [5, 5.41) is 6.78. The van der Waals surface area contributed by atoms with Crippen LogP contribution in [0.5, 0.6) is 5.75 Å². The van der Waals surface area contributed by atoms with E-state index in [0.29, 0.717) is 24.9 Å². The fraction of sp³-hybridized carbons (Fsp3) is 0.588. The summed E-state index contributed by atoms with van der Waals surface area (Å²) in [4.78, 5) is 29.3. The average Bonchev–Trinajstić information content (AvgIpc) is 2.99. The highest BCUT2D eigenvalue weighted by Gasteiger charge is 2.30. The SMILES string of the molecule is CC(C)C[C@H](NCC1CCCCC1)C(=O)N[C@@H](Cc1ccc(OCc2ccccc2)cc1)C(=O)N1CCCCC1. The zero-order valence-corrected chi connectivity index (χ0v) is 24.6. The van der Waals surface area contributed by atoms with Gasteiger partial charge in [0.15, 0.2) is 0 Å². The molecule has 0 aromatic heterocycles. The maximum Gasteiger partial charge on any atom is 0.245 e. The zero-order chi connectivity index (χ0) is 28.2. The number of nitrogens with one attached hydrogen (secondary N) is 2. The van der Waals surface area contributed by atoms with E-state index in [1.807, 2.05) is 59.5 Å². The summed E-state index contributed by atoms with van der Waals surface area (Å²) in [6.07, 6.45) is 10.8. The van der Waals surface area contributed by atoms with Crippen molar-refractivity contribution >= 4 is 11.8 Å². The number of amides is 2. The molecule has 1 aliphatic heterocycles. The Morgan fingerprint density at radius 1 is 0.850 bits per heavy atom. The van der Waals surface area contributed by atoms with Crippen LogP contribution >= 0.6 is 0 Å². The molecular formula is C34H49N3O3. The molecule has 0 spiro atoms. The van der Waals surface area contributed by atoms with E-state index < -0.39 is 6.04 Å². The number of likely N-dealkylation sites (tertiary alicyclic amines) is 1. The van der Waals surface area contributed by atoms with Gasteiger partial charge in [0, 0.05) is 19.5 Å². The molecule has 0 unspecified atom stereocenters. The third-order valence-corrected chi connectivity index (χ3v) is 8.30. The Balaban J connectivity index is 1.41. The lowest BCUT2D eigenvalue weighted by atomic mass is 9.89. The summed E-state index contributed by atoms with van der Waals surface area (Å²) in [6, 6.07) is 17.2. The Morgan fingerprint density at radius 2 is 1.52 bits per heavy atom. The molecule has 2 aromatic carbocycles. The van der Waals surface area contributed by atoms with E-state index in [1.165, 1.54) is 32.1 Å². The van der Waals surface area contributed by atoms with Crippen molar-refractivity contribution in [1.29, 1.82) is 0 Å². The Kier molecular flexibility index (Phi) is 11.9. The van der Waals surface area contributed by atoms with Gasteiger partial charge in [-0.05, 0) is 80.2 Å². The average molecular weight is 548 g/mol. The van der Waals surface area contributed by atoms with Crippen LogP contribution in [-0.4, -0.2) is 48.4 Å². The molecule has 6 nitrogen and oxygen atoms in total. The van der Waals surface area contributed by atoms with Crippen molar-refractivity contribution in [1.82, 2.24) is 15.5 Å². The highest BCUT2D eigenvalue weighted by Crippen LogP contribution is 2.23. The molecular weight excluding hydrogens is 498 g/mol. The first-order valence-corrected chi connectivity index (χ1v) is 15.6. The maximum atomic E-state index is 13.7. The van der Waals surface area contributed by atoms with Crippen LogP contribution in [-0.2, 0) is 22.6 Å².